The fraction of sp³-hybridized carbons (Fsp3) is 0.889. The molecule has 0 unspecified atom stereocenters. The summed E-state index contributed by atoms with van der Waals surface area (Å²) in [6.45, 7) is 9.89. The van der Waals surface area contributed by atoms with Crippen molar-refractivity contribution in [1.82, 2.24) is 5.32 Å². The smallest absolute Gasteiger partial charge is 0.407 e. The van der Waals surface area contributed by atoms with E-state index < -0.39 is 0 Å². The topological polar surface area (TPSA) is 58.6 Å². The van der Waals surface area contributed by atoms with Crippen molar-refractivity contribution in [2.75, 3.05) is 13.2 Å². The van der Waals surface area contributed by atoms with Gasteiger partial charge in [-0.3, -0.25) is 0 Å². The molecule has 0 heterocycles. The van der Waals surface area contributed by atoms with Crippen molar-refractivity contribution < 1.29 is 14.6 Å². The van der Waals surface area contributed by atoms with Gasteiger partial charge in [-0.25, -0.2) is 4.79 Å². The number of nitrogens with one attached hydrogen (secondary N) is 1. The Labute approximate surface area is 80.3 Å². The highest BCUT2D eigenvalue weighted by molar-refractivity contribution is 5.67. The molecule has 2 N–H and O–H groups in total. The van der Waals surface area contributed by atoms with Crippen molar-refractivity contribution in [3.8, 4) is 0 Å². The van der Waals surface area contributed by atoms with E-state index in [9.17, 15) is 4.79 Å². The van der Waals surface area contributed by atoms with Crippen LogP contribution >= 0.6 is 0 Å². The van der Waals surface area contributed by atoms with Crippen LogP contribution in [0.2, 0.25) is 0 Å². The van der Waals surface area contributed by atoms with E-state index in [2.05, 4.69) is 5.32 Å². The van der Waals surface area contributed by atoms with Gasteiger partial charge in [0.15, 0.2) is 0 Å². The molecule has 0 aromatic heterocycles. The zero-order valence-electron chi connectivity index (χ0n) is 9.18. The van der Waals surface area contributed by atoms with Gasteiger partial charge in [-0.15, -0.1) is 0 Å². The summed E-state index contributed by atoms with van der Waals surface area (Å²) >= 11 is 0. The summed E-state index contributed by atoms with van der Waals surface area (Å²) in [6, 6.07) is 0. The molecule has 0 rings (SSSR count). The van der Waals surface area contributed by atoms with E-state index in [4.69, 9.17) is 9.84 Å². The molecule has 0 aliphatic rings. The minimum absolute atomic E-state index is 0.250. The first-order valence-corrected chi connectivity index (χ1v) is 4.45. The molecule has 0 aromatic carbocycles. The number of aliphatic hydroxyl groups is 1. The zero-order chi connectivity index (χ0) is 10.9. The molecule has 0 atom stereocenters. The Hall–Kier alpha value is -0.770. The number of carbonyl (C=O) groups is 1. The third-order valence-electron chi connectivity index (χ3n) is 0.720. The number of ether oxygens (including phenoxy) is 1. The molecule has 0 saturated heterocycles. The average molecular weight is 191 g/mol. The largest absolute Gasteiger partial charge is 0.444 e. The van der Waals surface area contributed by atoms with Gasteiger partial charge < -0.3 is 15.2 Å². The van der Waals surface area contributed by atoms with Crippen LogP contribution in [0, 0.1) is 0 Å². The lowest BCUT2D eigenvalue weighted by molar-refractivity contribution is 0.0531. The predicted molar refractivity (Wildman–Crippen MR) is 52.7 cm³/mol. The fourth-order valence-electron chi connectivity index (χ4n) is 0.459. The monoisotopic (exact) mass is 191 g/mol. The molecular formula is C9H21NO3. The van der Waals surface area contributed by atoms with Crippen LogP contribution in [0.5, 0.6) is 0 Å². The van der Waals surface area contributed by atoms with Crippen molar-refractivity contribution in [2.45, 2.75) is 40.2 Å². The van der Waals surface area contributed by atoms with Gasteiger partial charge in [0.05, 0.1) is 0 Å². The summed E-state index contributed by atoms with van der Waals surface area (Å²) in [5.41, 5.74) is -0.390. The predicted octanol–water partition coefficient (Wildman–Crippen LogP) is 1.53. The standard InChI is InChI=1S/C7H15NO2.C2H6O/c1-5-8-6(9)10-7(2,3)4;1-2-3/h5H2,1-4H3,(H,8,9);3H,2H2,1H3. The number of aliphatic hydroxyl groups excluding tert-OH is 1. The van der Waals surface area contributed by atoms with Gasteiger partial charge in [0.25, 0.3) is 0 Å². The van der Waals surface area contributed by atoms with Gasteiger partial charge >= 0.3 is 6.09 Å². The molecule has 0 saturated carbocycles. The maximum atomic E-state index is 10.7. The number of amides is 1. The molecule has 0 aliphatic heterocycles. The second kappa shape index (κ2) is 7.86. The lowest BCUT2D eigenvalue weighted by Gasteiger charge is -2.19. The van der Waals surface area contributed by atoms with Crippen molar-refractivity contribution >= 4 is 6.09 Å². The second-order valence-corrected chi connectivity index (χ2v) is 3.35. The molecule has 4 nitrogen and oxygen atoms in total. The first-order chi connectivity index (χ1) is 5.87. The van der Waals surface area contributed by atoms with Gasteiger partial charge in [0, 0.05) is 13.2 Å². The third kappa shape index (κ3) is 18.3. The molecule has 4 heteroatoms. The van der Waals surface area contributed by atoms with Crippen LogP contribution < -0.4 is 5.32 Å². The molecule has 0 spiro atoms. The first-order valence-electron chi connectivity index (χ1n) is 4.45. The Bertz CT molecular complexity index is 129. The molecule has 0 aliphatic carbocycles. The van der Waals surface area contributed by atoms with Crippen molar-refractivity contribution in [1.29, 1.82) is 0 Å². The summed E-state index contributed by atoms with van der Waals surface area (Å²) in [4.78, 5) is 10.7. The highest BCUT2D eigenvalue weighted by atomic mass is 16.6. The van der Waals surface area contributed by atoms with Gasteiger partial charge in [0.2, 0.25) is 0 Å². The Morgan fingerprint density at radius 2 is 1.77 bits per heavy atom. The molecule has 80 valence electrons. The van der Waals surface area contributed by atoms with Crippen molar-refractivity contribution in [3.05, 3.63) is 0 Å². The molecule has 0 aromatic rings. The minimum atomic E-state index is -0.390. The molecule has 0 radical (unpaired) electrons. The summed E-state index contributed by atoms with van der Waals surface area (Å²) in [7, 11) is 0. The normalized spacial score (nSPS) is 9.69. The number of hydrogen-bond donors (Lipinski definition) is 2. The highest BCUT2D eigenvalue weighted by Gasteiger charge is 2.14. The quantitative estimate of drug-likeness (QED) is 0.660. The number of carbonyl (C=O) groups excluding carboxylic acids is 1. The molecule has 0 bridgehead atoms. The van der Waals surface area contributed by atoms with Crippen LogP contribution in [-0.2, 0) is 4.74 Å². The summed E-state index contributed by atoms with van der Waals surface area (Å²) < 4.78 is 4.93. The lowest BCUT2D eigenvalue weighted by atomic mass is 10.2. The van der Waals surface area contributed by atoms with Gasteiger partial charge in [0.1, 0.15) is 5.60 Å². The molecule has 1 amide bonds. The summed E-state index contributed by atoms with van der Waals surface area (Å²) in [5.74, 6) is 0. The number of rotatable bonds is 1. The Morgan fingerprint density at radius 1 is 1.38 bits per heavy atom. The molecule has 0 fully saturated rings. The maximum Gasteiger partial charge on any atom is 0.407 e. The fourth-order valence-corrected chi connectivity index (χ4v) is 0.459. The zero-order valence-corrected chi connectivity index (χ0v) is 9.18. The molecule has 13 heavy (non-hydrogen) atoms. The number of hydrogen-bond acceptors (Lipinski definition) is 3. The van der Waals surface area contributed by atoms with Crippen LogP contribution in [-0.4, -0.2) is 30.0 Å². The van der Waals surface area contributed by atoms with Crippen LogP contribution in [0.25, 0.3) is 0 Å². The van der Waals surface area contributed by atoms with Crippen LogP contribution in [0.15, 0.2) is 0 Å². The minimum Gasteiger partial charge on any atom is -0.444 e. The van der Waals surface area contributed by atoms with Gasteiger partial charge in [-0.1, -0.05) is 0 Å². The van der Waals surface area contributed by atoms with Crippen molar-refractivity contribution in [3.63, 3.8) is 0 Å². The average Bonchev–Trinajstić information content (AvgIpc) is 1.84. The first kappa shape index (κ1) is 14.7. The van der Waals surface area contributed by atoms with E-state index in [0.29, 0.717) is 6.54 Å². The second-order valence-electron chi connectivity index (χ2n) is 3.35. The SMILES string of the molecule is CCNC(=O)OC(C)(C)C.CCO. The maximum absolute atomic E-state index is 10.7. The lowest BCUT2D eigenvalue weighted by Crippen LogP contribution is -2.32. The van der Waals surface area contributed by atoms with Crippen LogP contribution in [0.1, 0.15) is 34.6 Å². The van der Waals surface area contributed by atoms with E-state index in [-0.39, 0.29) is 18.3 Å². The van der Waals surface area contributed by atoms with Crippen molar-refractivity contribution in [2.24, 2.45) is 0 Å². The van der Waals surface area contributed by atoms with E-state index in [1.54, 1.807) is 6.92 Å². The Morgan fingerprint density at radius 3 is 2.00 bits per heavy atom. The van der Waals surface area contributed by atoms with E-state index in [0.717, 1.165) is 0 Å². The van der Waals surface area contributed by atoms with E-state index >= 15 is 0 Å². The van der Waals surface area contributed by atoms with E-state index in [1.165, 1.54) is 0 Å². The summed E-state index contributed by atoms with van der Waals surface area (Å²) in [6.07, 6.45) is -0.352. The molecular weight excluding hydrogens is 170 g/mol. The highest BCUT2D eigenvalue weighted by Crippen LogP contribution is 2.05. The van der Waals surface area contributed by atoms with Crippen LogP contribution in [0.4, 0.5) is 4.79 Å². The van der Waals surface area contributed by atoms with E-state index in [1.807, 2.05) is 27.7 Å². The Balaban J connectivity index is 0. The van der Waals surface area contributed by atoms with Gasteiger partial charge in [-0.2, -0.15) is 0 Å². The number of alkyl carbamates (subject to hydrolysis) is 1. The third-order valence-corrected chi connectivity index (χ3v) is 0.720. The Kier molecular flexibility index (Phi) is 8.91. The van der Waals surface area contributed by atoms with Crippen LogP contribution in [0.3, 0.4) is 0 Å². The summed E-state index contributed by atoms with van der Waals surface area (Å²) in [5, 5.41) is 10.1. The van der Waals surface area contributed by atoms with Gasteiger partial charge in [-0.05, 0) is 34.6 Å².